The second-order valence-electron chi connectivity index (χ2n) is 6.19. The van der Waals surface area contributed by atoms with E-state index in [1.165, 1.54) is 15.3 Å². The first-order chi connectivity index (χ1) is 9.38. The van der Waals surface area contributed by atoms with Gasteiger partial charge in [0.1, 0.15) is 0 Å². The molecule has 1 heterocycles. The van der Waals surface area contributed by atoms with Gasteiger partial charge in [0.15, 0.2) is 0 Å². The zero-order valence-electron chi connectivity index (χ0n) is 12.6. The van der Waals surface area contributed by atoms with Gasteiger partial charge in [-0.05, 0) is 41.5 Å². The molecule has 0 fully saturated rings. The second kappa shape index (κ2) is 6.33. The minimum Gasteiger partial charge on any atom is -0.327 e. The molecule has 1 nitrogen and oxygen atoms in total. The number of nitrogens with two attached hydrogens (primary N) is 1. The molecule has 0 aliphatic heterocycles. The lowest BCUT2D eigenvalue weighted by molar-refractivity contribution is 0.589. The van der Waals surface area contributed by atoms with Crippen LogP contribution in [0, 0.1) is 0 Å². The van der Waals surface area contributed by atoms with Crippen molar-refractivity contribution in [1.29, 1.82) is 0 Å². The van der Waals surface area contributed by atoms with Crippen LogP contribution in [0.2, 0.25) is 0 Å². The predicted molar refractivity (Wildman–Crippen MR) is 91.7 cm³/mol. The Balaban J connectivity index is 2.16. The minimum atomic E-state index is 0.140. The van der Waals surface area contributed by atoms with Crippen LogP contribution in [-0.2, 0) is 5.41 Å². The summed E-state index contributed by atoms with van der Waals surface area (Å²) in [7, 11) is 0. The highest BCUT2D eigenvalue weighted by atomic mass is 32.2. The van der Waals surface area contributed by atoms with Crippen LogP contribution in [0.1, 0.15) is 43.4 Å². The third-order valence-corrected chi connectivity index (χ3v) is 5.87. The quantitative estimate of drug-likeness (QED) is 0.783. The zero-order valence-corrected chi connectivity index (χ0v) is 14.2. The summed E-state index contributed by atoms with van der Waals surface area (Å²) in [6.45, 7) is 8.81. The molecule has 0 amide bonds. The summed E-state index contributed by atoms with van der Waals surface area (Å²) in [4.78, 5) is 2.64. The van der Waals surface area contributed by atoms with Gasteiger partial charge >= 0.3 is 0 Å². The van der Waals surface area contributed by atoms with Crippen molar-refractivity contribution < 1.29 is 0 Å². The summed E-state index contributed by atoms with van der Waals surface area (Å²) in [5, 5.41) is 2.45. The Morgan fingerprint density at radius 1 is 1.10 bits per heavy atom. The molecule has 2 atom stereocenters. The van der Waals surface area contributed by atoms with Gasteiger partial charge < -0.3 is 5.73 Å². The van der Waals surface area contributed by atoms with Crippen LogP contribution in [-0.4, -0.2) is 6.04 Å². The van der Waals surface area contributed by atoms with Crippen molar-refractivity contribution in [1.82, 2.24) is 0 Å². The molecule has 2 N–H and O–H groups in total. The molecular weight excluding hydrogens is 282 g/mol. The highest BCUT2D eigenvalue weighted by Crippen LogP contribution is 2.39. The first kappa shape index (κ1) is 15.6. The predicted octanol–water partition coefficient (Wildman–Crippen LogP) is 5.23. The molecule has 1 aromatic heterocycles. The molecule has 0 saturated heterocycles. The van der Waals surface area contributed by atoms with E-state index < -0.39 is 0 Å². The third-order valence-electron chi connectivity index (χ3n) is 3.28. The number of hydrogen-bond donors (Lipinski definition) is 1. The Morgan fingerprint density at radius 2 is 1.75 bits per heavy atom. The monoisotopic (exact) mass is 305 g/mol. The summed E-state index contributed by atoms with van der Waals surface area (Å²) in [6, 6.07) is 13.3. The van der Waals surface area contributed by atoms with E-state index in [1.807, 2.05) is 11.8 Å². The van der Waals surface area contributed by atoms with Crippen LogP contribution >= 0.6 is 23.1 Å². The van der Waals surface area contributed by atoms with E-state index in [-0.39, 0.29) is 11.5 Å². The fourth-order valence-electron chi connectivity index (χ4n) is 2.06. The zero-order chi connectivity index (χ0) is 14.8. The van der Waals surface area contributed by atoms with Crippen LogP contribution in [0.5, 0.6) is 0 Å². The lowest BCUT2D eigenvalue weighted by Gasteiger charge is -2.21. The molecule has 0 saturated carbocycles. The lowest BCUT2D eigenvalue weighted by atomic mass is 9.87. The van der Waals surface area contributed by atoms with E-state index in [0.717, 1.165) is 0 Å². The van der Waals surface area contributed by atoms with Gasteiger partial charge in [-0.1, -0.05) is 39.0 Å². The Hall–Kier alpha value is -0.770. The van der Waals surface area contributed by atoms with Gasteiger partial charge in [-0.2, -0.15) is 0 Å². The fourth-order valence-corrected chi connectivity index (χ4v) is 4.18. The van der Waals surface area contributed by atoms with Gasteiger partial charge in [0.05, 0.1) is 5.25 Å². The molecule has 0 aliphatic rings. The van der Waals surface area contributed by atoms with Crippen molar-refractivity contribution in [2.24, 2.45) is 5.73 Å². The molecule has 2 rings (SSSR count). The first-order valence-electron chi connectivity index (χ1n) is 6.94. The standard InChI is InChI=1S/C17H23NS2/c1-12(18)16(15-6-5-11-19-15)20-14-9-7-13(8-10-14)17(2,3)4/h5-12,16H,18H2,1-4H3. The molecule has 2 aromatic rings. The Kier molecular flexibility index (Phi) is 4.95. The largest absolute Gasteiger partial charge is 0.327 e. The highest BCUT2D eigenvalue weighted by Gasteiger charge is 2.19. The van der Waals surface area contributed by atoms with Gasteiger partial charge in [0, 0.05) is 15.8 Å². The van der Waals surface area contributed by atoms with Crippen molar-refractivity contribution in [3.63, 3.8) is 0 Å². The van der Waals surface area contributed by atoms with E-state index in [0.29, 0.717) is 5.25 Å². The second-order valence-corrected chi connectivity index (χ2v) is 8.38. The third kappa shape index (κ3) is 3.87. The van der Waals surface area contributed by atoms with Gasteiger partial charge in [0.25, 0.3) is 0 Å². The van der Waals surface area contributed by atoms with E-state index in [9.17, 15) is 0 Å². The molecule has 108 valence electrons. The first-order valence-corrected chi connectivity index (χ1v) is 8.70. The van der Waals surface area contributed by atoms with Crippen molar-refractivity contribution in [2.75, 3.05) is 0 Å². The molecule has 3 heteroatoms. The summed E-state index contributed by atoms with van der Waals surface area (Å²) in [5.74, 6) is 0. The topological polar surface area (TPSA) is 26.0 Å². The number of rotatable bonds is 4. The van der Waals surface area contributed by atoms with Crippen molar-refractivity contribution in [2.45, 2.75) is 49.3 Å². The molecule has 0 radical (unpaired) electrons. The molecule has 2 unspecified atom stereocenters. The average Bonchev–Trinajstić information content (AvgIpc) is 2.88. The van der Waals surface area contributed by atoms with Gasteiger partial charge in [-0.15, -0.1) is 23.1 Å². The highest BCUT2D eigenvalue weighted by molar-refractivity contribution is 7.99. The van der Waals surface area contributed by atoms with Gasteiger partial charge in [-0.25, -0.2) is 0 Å². The number of thiophene rings is 1. The molecular formula is C17H23NS2. The van der Waals surface area contributed by atoms with Crippen LogP contribution in [0.3, 0.4) is 0 Å². The molecule has 0 spiro atoms. The smallest absolute Gasteiger partial charge is 0.0586 e. The Labute approximate surface area is 130 Å². The number of benzene rings is 1. The van der Waals surface area contributed by atoms with Crippen molar-refractivity contribution >= 4 is 23.1 Å². The summed E-state index contributed by atoms with van der Waals surface area (Å²) in [5.41, 5.74) is 7.74. The maximum absolute atomic E-state index is 6.16. The summed E-state index contributed by atoms with van der Waals surface area (Å²) < 4.78 is 0. The Morgan fingerprint density at radius 3 is 2.20 bits per heavy atom. The van der Waals surface area contributed by atoms with E-state index in [1.54, 1.807) is 11.3 Å². The lowest BCUT2D eigenvalue weighted by Crippen LogP contribution is -2.21. The van der Waals surface area contributed by atoms with Crippen LogP contribution in [0.4, 0.5) is 0 Å². The maximum atomic E-state index is 6.16. The Bertz CT molecular complexity index is 521. The molecule has 1 aromatic carbocycles. The van der Waals surface area contributed by atoms with E-state index in [4.69, 9.17) is 5.73 Å². The van der Waals surface area contributed by atoms with Crippen LogP contribution in [0.25, 0.3) is 0 Å². The van der Waals surface area contributed by atoms with E-state index >= 15 is 0 Å². The summed E-state index contributed by atoms with van der Waals surface area (Å²) >= 11 is 3.64. The van der Waals surface area contributed by atoms with Crippen molar-refractivity contribution in [3.05, 3.63) is 52.2 Å². The van der Waals surface area contributed by atoms with Gasteiger partial charge in [-0.3, -0.25) is 0 Å². The van der Waals surface area contributed by atoms with Crippen LogP contribution in [0.15, 0.2) is 46.7 Å². The number of hydrogen-bond acceptors (Lipinski definition) is 3. The SMILES string of the molecule is CC(N)C(Sc1ccc(C(C)(C)C)cc1)c1cccs1. The average molecular weight is 306 g/mol. The fraction of sp³-hybridized carbons (Fsp3) is 0.412. The molecule has 20 heavy (non-hydrogen) atoms. The van der Waals surface area contributed by atoms with Crippen LogP contribution < -0.4 is 5.73 Å². The molecule has 0 bridgehead atoms. The minimum absolute atomic E-state index is 0.140. The van der Waals surface area contributed by atoms with Gasteiger partial charge in [0.2, 0.25) is 0 Å². The molecule has 0 aliphatic carbocycles. The van der Waals surface area contributed by atoms with E-state index in [2.05, 4.69) is 69.5 Å². The summed E-state index contributed by atoms with van der Waals surface area (Å²) in [6.07, 6.45) is 0. The van der Waals surface area contributed by atoms with Crippen molar-refractivity contribution in [3.8, 4) is 0 Å². The maximum Gasteiger partial charge on any atom is 0.0586 e. The number of thioether (sulfide) groups is 1. The normalized spacial score (nSPS) is 15.1.